The largest absolute Gasteiger partial charge is 0.496 e. The van der Waals surface area contributed by atoms with E-state index in [0.29, 0.717) is 5.89 Å². The van der Waals surface area contributed by atoms with Gasteiger partial charge in [-0.05, 0) is 24.6 Å². The number of benzene rings is 1. The normalized spacial score (nSPS) is 16.1. The van der Waals surface area contributed by atoms with Crippen LogP contribution in [0.25, 0.3) is 11.5 Å². The van der Waals surface area contributed by atoms with Crippen molar-refractivity contribution in [1.29, 1.82) is 0 Å². The van der Waals surface area contributed by atoms with Crippen LogP contribution in [0.15, 0.2) is 22.7 Å². The number of rotatable bonds is 4. The van der Waals surface area contributed by atoms with E-state index in [1.165, 1.54) is 0 Å². The van der Waals surface area contributed by atoms with Gasteiger partial charge in [0, 0.05) is 31.7 Å². The molecule has 1 aliphatic heterocycles. The zero-order chi connectivity index (χ0) is 14.7. The Balaban J connectivity index is 1.74. The summed E-state index contributed by atoms with van der Waals surface area (Å²) >= 11 is 0. The molecule has 1 N–H and O–H groups in total. The highest BCUT2D eigenvalue weighted by molar-refractivity contribution is 5.57. The maximum atomic E-state index is 5.37. The molecule has 0 atom stereocenters. The molecule has 6 nitrogen and oxygen atoms in total. The van der Waals surface area contributed by atoms with Crippen molar-refractivity contribution in [3.63, 3.8) is 0 Å². The van der Waals surface area contributed by atoms with Crippen molar-refractivity contribution in [3.8, 4) is 17.2 Å². The van der Waals surface area contributed by atoms with Gasteiger partial charge in [0.05, 0.1) is 13.7 Å². The van der Waals surface area contributed by atoms with Crippen molar-refractivity contribution < 1.29 is 9.26 Å². The van der Waals surface area contributed by atoms with E-state index in [1.807, 2.05) is 25.1 Å². The second-order valence-electron chi connectivity index (χ2n) is 5.23. The van der Waals surface area contributed by atoms with Crippen molar-refractivity contribution >= 4 is 0 Å². The van der Waals surface area contributed by atoms with Gasteiger partial charge in [0.25, 0.3) is 5.89 Å². The van der Waals surface area contributed by atoms with Gasteiger partial charge < -0.3 is 14.6 Å². The lowest BCUT2D eigenvalue weighted by atomic mass is 10.1. The van der Waals surface area contributed by atoms with Crippen LogP contribution in [0, 0.1) is 6.92 Å². The van der Waals surface area contributed by atoms with Crippen LogP contribution in [0.1, 0.15) is 11.4 Å². The molecule has 2 heterocycles. The maximum Gasteiger partial charge on any atom is 0.258 e. The zero-order valence-electron chi connectivity index (χ0n) is 12.4. The average molecular weight is 288 g/mol. The predicted octanol–water partition coefficient (Wildman–Crippen LogP) is 1.46. The van der Waals surface area contributed by atoms with Gasteiger partial charge in [0.15, 0.2) is 5.82 Å². The van der Waals surface area contributed by atoms with E-state index in [4.69, 9.17) is 9.26 Å². The molecule has 0 aliphatic carbocycles. The molecule has 2 aromatic rings. The van der Waals surface area contributed by atoms with E-state index in [0.717, 1.165) is 55.4 Å². The number of nitrogens with zero attached hydrogens (tertiary/aromatic N) is 3. The Morgan fingerprint density at radius 1 is 1.33 bits per heavy atom. The summed E-state index contributed by atoms with van der Waals surface area (Å²) in [5, 5.41) is 7.41. The third-order valence-electron chi connectivity index (χ3n) is 3.70. The molecule has 3 rings (SSSR count). The van der Waals surface area contributed by atoms with Crippen LogP contribution in [-0.4, -0.2) is 48.3 Å². The molecule has 6 heteroatoms. The maximum absolute atomic E-state index is 5.37. The van der Waals surface area contributed by atoms with Crippen molar-refractivity contribution in [3.05, 3.63) is 29.6 Å². The van der Waals surface area contributed by atoms with E-state index >= 15 is 0 Å². The number of hydrogen-bond donors (Lipinski definition) is 1. The Kier molecular flexibility index (Phi) is 4.17. The van der Waals surface area contributed by atoms with Crippen molar-refractivity contribution in [2.75, 3.05) is 33.3 Å². The summed E-state index contributed by atoms with van der Waals surface area (Å²) in [7, 11) is 1.66. The van der Waals surface area contributed by atoms with Gasteiger partial charge in [0.2, 0.25) is 0 Å². The number of hydrogen-bond acceptors (Lipinski definition) is 6. The lowest BCUT2D eigenvalue weighted by Crippen LogP contribution is -2.43. The molecular formula is C15H20N4O2. The minimum atomic E-state index is 0.540. The second-order valence-corrected chi connectivity index (χ2v) is 5.23. The smallest absolute Gasteiger partial charge is 0.258 e. The highest BCUT2D eigenvalue weighted by Gasteiger charge is 2.15. The summed E-state index contributed by atoms with van der Waals surface area (Å²) in [5.74, 6) is 2.10. The SMILES string of the molecule is COc1cc(-c2nc(CN3CCNCC3)no2)ccc1C. The van der Waals surface area contributed by atoms with Crippen LogP contribution in [0.5, 0.6) is 5.75 Å². The van der Waals surface area contributed by atoms with Gasteiger partial charge in [0.1, 0.15) is 5.75 Å². The van der Waals surface area contributed by atoms with Crippen molar-refractivity contribution in [1.82, 2.24) is 20.4 Å². The Bertz CT molecular complexity index is 605. The van der Waals surface area contributed by atoms with Gasteiger partial charge >= 0.3 is 0 Å². The standard InChI is InChI=1S/C15H20N4O2/c1-11-3-4-12(9-13(11)20-2)15-17-14(18-21-15)10-19-7-5-16-6-8-19/h3-4,9,16H,5-8,10H2,1-2H3. The molecule has 0 radical (unpaired) electrons. The molecule has 0 bridgehead atoms. The van der Waals surface area contributed by atoms with Gasteiger partial charge in [-0.2, -0.15) is 4.98 Å². The average Bonchev–Trinajstić information content (AvgIpc) is 2.97. The molecule has 1 aliphatic rings. The second kappa shape index (κ2) is 6.24. The van der Waals surface area contributed by atoms with E-state index in [-0.39, 0.29) is 0 Å². The minimum absolute atomic E-state index is 0.540. The van der Waals surface area contributed by atoms with E-state index in [9.17, 15) is 0 Å². The number of piperazine rings is 1. The summed E-state index contributed by atoms with van der Waals surface area (Å²) in [5.41, 5.74) is 1.97. The first-order valence-corrected chi connectivity index (χ1v) is 7.17. The fraction of sp³-hybridized carbons (Fsp3) is 0.467. The Morgan fingerprint density at radius 2 is 2.14 bits per heavy atom. The molecule has 21 heavy (non-hydrogen) atoms. The van der Waals surface area contributed by atoms with E-state index in [2.05, 4.69) is 20.4 Å². The van der Waals surface area contributed by atoms with Crippen LogP contribution in [0.3, 0.4) is 0 Å². The minimum Gasteiger partial charge on any atom is -0.496 e. The van der Waals surface area contributed by atoms with Gasteiger partial charge in [-0.1, -0.05) is 11.2 Å². The molecule has 0 spiro atoms. The number of nitrogens with one attached hydrogen (secondary N) is 1. The summed E-state index contributed by atoms with van der Waals surface area (Å²) < 4.78 is 10.7. The summed E-state index contributed by atoms with van der Waals surface area (Å²) in [6, 6.07) is 5.89. The van der Waals surface area contributed by atoms with Crippen LogP contribution < -0.4 is 10.1 Å². The third kappa shape index (κ3) is 3.22. The lowest BCUT2D eigenvalue weighted by molar-refractivity contribution is 0.225. The first-order valence-electron chi connectivity index (χ1n) is 7.17. The van der Waals surface area contributed by atoms with Crippen LogP contribution in [0.2, 0.25) is 0 Å². The predicted molar refractivity (Wildman–Crippen MR) is 79.2 cm³/mol. The van der Waals surface area contributed by atoms with Crippen LogP contribution >= 0.6 is 0 Å². The molecule has 0 unspecified atom stereocenters. The molecule has 0 amide bonds. The number of aromatic nitrogens is 2. The molecular weight excluding hydrogens is 268 g/mol. The van der Waals surface area contributed by atoms with Gasteiger partial charge in [-0.25, -0.2) is 0 Å². The fourth-order valence-corrected chi connectivity index (χ4v) is 2.46. The van der Waals surface area contributed by atoms with Crippen LogP contribution in [-0.2, 0) is 6.54 Å². The quantitative estimate of drug-likeness (QED) is 0.919. The molecule has 1 saturated heterocycles. The Labute approximate surface area is 124 Å². The number of methoxy groups -OCH3 is 1. The summed E-state index contributed by atoms with van der Waals surface area (Å²) in [6.45, 7) is 6.80. The third-order valence-corrected chi connectivity index (χ3v) is 3.70. The zero-order valence-corrected chi connectivity index (χ0v) is 12.4. The fourth-order valence-electron chi connectivity index (χ4n) is 2.46. The lowest BCUT2D eigenvalue weighted by Gasteiger charge is -2.25. The molecule has 1 fully saturated rings. The molecule has 1 aromatic carbocycles. The summed E-state index contributed by atoms with van der Waals surface area (Å²) in [6.07, 6.45) is 0. The van der Waals surface area contributed by atoms with Crippen LogP contribution in [0.4, 0.5) is 0 Å². The summed E-state index contributed by atoms with van der Waals surface area (Å²) in [4.78, 5) is 6.80. The van der Waals surface area contributed by atoms with Crippen molar-refractivity contribution in [2.45, 2.75) is 13.5 Å². The number of aryl methyl sites for hydroxylation is 1. The highest BCUT2D eigenvalue weighted by atomic mass is 16.5. The van der Waals surface area contributed by atoms with E-state index in [1.54, 1.807) is 7.11 Å². The van der Waals surface area contributed by atoms with Gasteiger partial charge in [-0.15, -0.1) is 0 Å². The number of ether oxygens (including phenoxy) is 1. The van der Waals surface area contributed by atoms with E-state index < -0.39 is 0 Å². The monoisotopic (exact) mass is 288 g/mol. The first kappa shape index (κ1) is 14.0. The molecule has 112 valence electrons. The molecule has 1 aromatic heterocycles. The van der Waals surface area contributed by atoms with Gasteiger partial charge in [-0.3, -0.25) is 4.90 Å². The highest BCUT2D eigenvalue weighted by Crippen LogP contribution is 2.25. The Morgan fingerprint density at radius 3 is 2.90 bits per heavy atom. The van der Waals surface area contributed by atoms with Crippen molar-refractivity contribution in [2.24, 2.45) is 0 Å². The Hall–Kier alpha value is -1.92. The molecule has 0 saturated carbocycles. The first-order chi connectivity index (χ1) is 10.3. The topological polar surface area (TPSA) is 63.4 Å².